The lowest BCUT2D eigenvalue weighted by atomic mass is 9.89. The Morgan fingerprint density at radius 1 is 0.400 bits per heavy atom. The van der Waals surface area contributed by atoms with E-state index in [4.69, 9.17) is 9.47 Å². The van der Waals surface area contributed by atoms with Gasteiger partial charge >= 0.3 is 11.9 Å². The first-order chi connectivity index (χ1) is 24.6. The summed E-state index contributed by atoms with van der Waals surface area (Å²) in [6.45, 7) is 5.39. The number of rotatable bonds is 18. The Bertz CT molecular complexity index is 1790. The van der Waals surface area contributed by atoms with Gasteiger partial charge in [0.05, 0.1) is 24.3 Å². The number of hydrogen-bond acceptors (Lipinski definition) is 4. The van der Waals surface area contributed by atoms with Gasteiger partial charge in [0.2, 0.25) is 0 Å². The van der Waals surface area contributed by atoms with Crippen LogP contribution in [0.25, 0.3) is 54.6 Å². The van der Waals surface area contributed by atoms with E-state index in [9.17, 15) is 9.59 Å². The van der Waals surface area contributed by atoms with Crippen molar-refractivity contribution in [1.29, 1.82) is 0 Å². The summed E-state index contributed by atoms with van der Waals surface area (Å²) in [6, 6.07) is 33.3. The van der Waals surface area contributed by atoms with E-state index in [0.717, 1.165) is 47.9 Å². The summed E-state index contributed by atoms with van der Waals surface area (Å²) in [7, 11) is 0. The SMILES string of the molecule is CCCCCCCCOC(=O)c1ccc(-c2cc3ccc4cc(-c5ccc(C(=O)OCCCCCCCC)cc5)cc5ccc(c2)c3c45)cc1. The molecule has 0 saturated carbocycles. The molecule has 4 heteroatoms. The number of benzene rings is 6. The number of carbonyl (C=O) groups excluding carboxylic acids is 2. The Morgan fingerprint density at radius 2 is 0.720 bits per heavy atom. The van der Waals surface area contributed by atoms with Gasteiger partial charge in [0.25, 0.3) is 0 Å². The third-order valence-corrected chi connectivity index (χ3v) is 9.90. The molecule has 0 aliphatic heterocycles. The lowest BCUT2D eigenvalue weighted by Crippen LogP contribution is -2.06. The second-order valence-corrected chi connectivity index (χ2v) is 13.7. The third-order valence-electron chi connectivity index (χ3n) is 9.90. The minimum atomic E-state index is -0.253. The molecule has 0 aliphatic rings. The first-order valence-corrected chi connectivity index (χ1v) is 18.8. The predicted octanol–water partition coefficient (Wildman–Crippen LogP) is 13.0. The van der Waals surface area contributed by atoms with Gasteiger partial charge in [-0.05, 0) is 116 Å². The fraction of sp³-hybridized carbons (Fsp3) is 0.348. The highest BCUT2D eigenvalue weighted by molar-refractivity contribution is 6.24. The monoisotopic (exact) mass is 666 g/mol. The Balaban J connectivity index is 1.12. The third kappa shape index (κ3) is 8.53. The molecule has 50 heavy (non-hydrogen) atoms. The average Bonchev–Trinajstić information content (AvgIpc) is 3.15. The van der Waals surface area contributed by atoms with E-state index in [1.165, 1.54) is 83.7 Å². The minimum absolute atomic E-state index is 0.253. The molecule has 4 nitrogen and oxygen atoms in total. The highest BCUT2D eigenvalue weighted by Gasteiger charge is 2.14. The van der Waals surface area contributed by atoms with Crippen LogP contribution >= 0.6 is 0 Å². The Hall–Kier alpha value is -4.70. The van der Waals surface area contributed by atoms with E-state index in [0.29, 0.717) is 24.3 Å². The zero-order valence-corrected chi connectivity index (χ0v) is 29.8. The highest BCUT2D eigenvalue weighted by Crippen LogP contribution is 2.39. The summed E-state index contributed by atoms with van der Waals surface area (Å²) < 4.78 is 11.1. The number of hydrogen-bond donors (Lipinski definition) is 0. The van der Waals surface area contributed by atoms with E-state index in [-0.39, 0.29) is 11.9 Å². The second kappa shape index (κ2) is 17.3. The van der Waals surface area contributed by atoms with Gasteiger partial charge in [-0.3, -0.25) is 0 Å². The van der Waals surface area contributed by atoms with Crippen molar-refractivity contribution < 1.29 is 19.1 Å². The quantitative estimate of drug-likeness (QED) is 0.0520. The van der Waals surface area contributed by atoms with Crippen molar-refractivity contribution in [1.82, 2.24) is 0 Å². The molecular weight excluding hydrogens is 617 g/mol. The van der Waals surface area contributed by atoms with Crippen LogP contribution in [0, 0.1) is 0 Å². The molecule has 0 aromatic heterocycles. The molecule has 6 aromatic carbocycles. The second-order valence-electron chi connectivity index (χ2n) is 13.7. The molecule has 0 amide bonds. The summed E-state index contributed by atoms with van der Waals surface area (Å²) in [4.78, 5) is 25.2. The molecule has 0 fully saturated rings. The molecule has 0 N–H and O–H groups in total. The van der Waals surface area contributed by atoms with Gasteiger partial charge in [0.1, 0.15) is 0 Å². The normalized spacial score (nSPS) is 11.5. The fourth-order valence-electron chi connectivity index (χ4n) is 7.03. The molecule has 0 radical (unpaired) electrons. The molecule has 0 atom stereocenters. The van der Waals surface area contributed by atoms with Crippen LogP contribution in [0.5, 0.6) is 0 Å². The molecule has 0 bridgehead atoms. The van der Waals surface area contributed by atoms with Gasteiger partial charge in [-0.15, -0.1) is 0 Å². The standard InChI is InChI=1S/C46H50O4/c1-3-5-7-9-11-13-27-49-45(47)35-19-15-33(16-20-35)41-29-37-23-25-39-31-42(32-40-26-24-38(30-41)43(37)44(39)40)34-17-21-36(22-18-34)46(48)50-28-14-12-10-8-6-4-2/h15-26,29-32H,3-14,27-28H2,1-2H3. The van der Waals surface area contributed by atoms with Crippen LogP contribution in [-0.4, -0.2) is 25.2 Å². The number of unbranched alkanes of at least 4 members (excludes halogenated alkanes) is 10. The van der Waals surface area contributed by atoms with Crippen molar-refractivity contribution in [3.63, 3.8) is 0 Å². The largest absolute Gasteiger partial charge is 0.462 e. The first-order valence-electron chi connectivity index (χ1n) is 18.8. The van der Waals surface area contributed by atoms with E-state index in [1.54, 1.807) is 0 Å². The van der Waals surface area contributed by atoms with Crippen LogP contribution in [0.15, 0.2) is 97.1 Å². The van der Waals surface area contributed by atoms with Crippen molar-refractivity contribution in [2.24, 2.45) is 0 Å². The Kier molecular flexibility index (Phi) is 12.2. The van der Waals surface area contributed by atoms with Gasteiger partial charge in [-0.2, -0.15) is 0 Å². The van der Waals surface area contributed by atoms with Gasteiger partial charge in [0.15, 0.2) is 0 Å². The molecule has 0 saturated heterocycles. The van der Waals surface area contributed by atoms with Crippen molar-refractivity contribution in [3.8, 4) is 22.3 Å². The topological polar surface area (TPSA) is 52.6 Å². The molecule has 0 unspecified atom stereocenters. The van der Waals surface area contributed by atoms with Gasteiger partial charge in [-0.1, -0.05) is 127 Å². The summed E-state index contributed by atoms with van der Waals surface area (Å²) in [5.74, 6) is -0.505. The van der Waals surface area contributed by atoms with Crippen molar-refractivity contribution in [3.05, 3.63) is 108 Å². The molecule has 6 rings (SSSR count). The van der Waals surface area contributed by atoms with Crippen molar-refractivity contribution in [2.75, 3.05) is 13.2 Å². The number of carbonyl (C=O) groups is 2. The Labute approximate surface area is 297 Å². The minimum Gasteiger partial charge on any atom is -0.462 e. The van der Waals surface area contributed by atoms with E-state index < -0.39 is 0 Å². The predicted molar refractivity (Wildman–Crippen MR) is 208 cm³/mol. The number of esters is 2. The molecule has 0 heterocycles. The van der Waals surface area contributed by atoms with E-state index >= 15 is 0 Å². The Morgan fingerprint density at radius 3 is 1.06 bits per heavy atom. The average molecular weight is 667 g/mol. The van der Waals surface area contributed by atoms with Gasteiger partial charge in [0, 0.05) is 0 Å². The molecule has 258 valence electrons. The smallest absolute Gasteiger partial charge is 0.338 e. The lowest BCUT2D eigenvalue weighted by Gasteiger charge is -2.15. The lowest BCUT2D eigenvalue weighted by molar-refractivity contribution is 0.0488. The van der Waals surface area contributed by atoms with E-state index in [1.807, 2.05) is 48.5 Å². The van der Waals surface area contributed by atoms with Gasteiger partial charge in [-0.25, -0.2) is 9.59 Å². The van der Waals surface area contributed by atoms with Crippen LogP contribution in [0.2, 0.25) is 0 Å². The molecule has 0 spiro atoms. The zero-order valence-electron chi connectivity index (χ0n) is 29.8. The van der Waals surface area contributed by atoms with Crippen LogP contribution < -0.4 is 0 Å². The van der Waals surface area contributed by atoms with Crippen LogP contribution in [0.3, 0.4) is 0 Å². The molecule has 6 aromatic rings. The zero-order chi connectivity index (χ0) is 34.7. The highest BCUT2D eigenvalue weighted by atomic mass is 16.5. The first kappa shape index (κ1) is 35.1. The molecular formula is C46H50O4. The van der Waals surface area contributed by atoms with Crippen molar-refractivity contribution in [2.45, 2.75) is 90.9 Å². The fourth-order valence-corrected chi connectivity index (χ4v) is 7.03. The summed E-state index contributed by atoms with van der Waals surface area (Å²) >= 11 is 0. The van der Waals surface area contributed by atoms with Gasteiger partial charge < -0.3 is 9.47 Å². The number of ether oxygens (including phenoxy) is 2. The maximum atomic E-state index is 12.6. The molecule has 0 aliphatic carbocycles. The van der Waals surface area contributed by atoms with Crippen LogP contribution in [0.4, 0.5) is 0 Å². The van der Waals surface area contributed by atoms with E-state index in [2.05, 4.69) is 62.4 Å². The van der Waals surface area contributed by atoms with Crippen molar-refractivity contribution >= 4 is 44.3 Å². The summed E-state index contributed by atoms with van der Waals surface area (Å²) in [5, 5.41) is 7.27. The van der Waals surface area contributed by atoms with Crippen LogP contribution in [-0.2, 0) is 9.47 Å². The van der Waals surface area contributed by atoms with Crippen LogP contribution in [0.1, 0.15) is 112 Å². The summed E-state index contributed by atoms with van der Waals surface area (Å²) in [6.07, 6.45) is 14.0. The summed E-state index contributed by atoms with van der Waals surface area (Å²) in [5.41, 5.74) is 5.56. The maximum absolute atomic E-state index is 12.6. The maximum Gasteiger partial charge on any atom is 0.338 e.